The molecule has 1 N–H and O–H groups in total. The summed E-state index contributed by atoms with van der Waals surface area (Å²) in [6.45, 7) is 0. The van der Waals surface area contributed by atoms with Gasteiger partial charge < -0.3 is 5.32 Å². The van der Waals surface area contributed by atoms with E-state index >= 15 is 0 Å². The number of thiophene rings is 1. The number of pyridine rings is 1. The second-order valence-corrected chi connectivity index (χ2v) is 5.12. The minimum atomic E-state index is -0.524. The molecule has 2 heterocycles. The van der Waals surface area contributed by atoms with Crippen LogP contribution in [0.5, 0.6) is 0 Å². The van der Waals surface area contributed by atoms with Crippen molar-refractivity contribution in [3.63, 3.8) is 0 Å². The molecule has 1 amide bonds. The molecule has 6 nitrogen and oxygen atoms in total. The average molecular weight is 328 g/mol. The number of amides is 1. The zero-order valence-electron chi connectivity index (χ0n) is 8.79. The molecule has 0 saturated heterocycles. The Hall–Kier alpha value is -1.80. The summed E-state index contributed by atoms with van der Waals surface area (Å²) in [6, 6.07) is 4.36. The van der Waals surface area contributed by atoms with Gasteiger partial charge in [0, 0.05) is 18.5 Å². The largest absolute Gasteiger partial charge is 0.324 e. The summed E-state index contributed by atoms with van der Waals surface area (Å²) in [6.07, 6.45) is 3.09. The Bertz CT molecular complexity index is 614. The van der Waals surface area contributed by atoms with E-state index in [9.17, 15) is 14.9 Å². The number of carbonyl (C=O) groups is 1. The normalized spacial score (nSPS) is 10.1. The average Bonchev–Trinajstić information content (AvgIpc) is 2.81. The number of hydrogen-bond acceptors (Lipinski definition) is 5. The number of anilines is 1. The topological polar surface area (TPSA) is 85.1 Å². The second kappa shape index (κ2) is 5.23. The molecule has 8 heteroatoms. The molecule has 18 heavy (non-hydrogen) atoms. The Morgan fingerprint density at radius 2 is 2.22 bits per heavy atom. The molecule has 0 aliphatic heterocycles. The van der Waals surface area contributed by atoms with Gasteiger partial charge in [-0.05, 0) is 28.1 Å². The first-order valence-electron chi connectivity index (χ1n) is 4.73. The predicted octanol–water partition coefficient (Wildman–Crippen LogP) is 3.07. The third-order valence-corrected chi connectivity index (χ3v) is 3.68. The number of nitrogens with zero attached hydrogens (tertiary/aromatic N) is 2. The van der Waals surface area contributed by atoms with Gasteiger partial charge in [0.25, 0.3) is 5.91 Å². The van der Waals surface area contributed by atoms with Crippen LogP contribution in [0.1, 0.15) is 9.67 Å². The maximum atomic E-state index is 11.8. The summed E-state index contributed by atoms with van der Waals surface area (Å²) in [5.74, 6) is -0.389. The van der Waals surface area contributed by atoms with Crippen LogP contribution in [-0.2, 0) is 0 Å². The van der Waals surface area contributed by atoms with Crippen LogP contribution in [-0.4, -0.2) is 15.8 Å². The third kappa shape index (κ3) is 2.71. The van der Waals surface area contributed by atoms with Gasteiger partial charge >= 0.3 is 5.00 Å². The molecule has 2 aromatic heterocycles. The van der Waals surface area contributed by atoms with Crippen molar-refractivity contribution < 1.29 is 9.72 Å². The molecule has 0 atom stereocenters. The quantitative estimate of drug-likeness (QED) is 0.693. The summed E-state index contributed by atoms with van der Waals surface area (Å²) in [7, 11) is 0. The molecule has 0 unspecified atom stereocenters. The van der Waals surface area contributed by atoms with E-state index in [4.69, 9.17) is 0 Å². The van der Waals surface area contributed by atoms with E-state index in [2.05, 4.69) is 26.2 Å². The van der Waals surface area contributed by atoms with E-state index in [1.807, 2.05) is 0 Å². The number of rotatable bonds is 3. The van der Waals surface area contributed by atoms with Crippen molar-refractivity contribution in [1.82, 2.24) is 4.98 Å². The van der Waals surface area contributed by atoms with Gasteiger partial charge in [-0.2, -0.15) is 0 Å². The van der Waals surface area contributed by atoms with Crippen molar-refractivity contribution in [2.75, 3.05) is 5.32 Å². The van der Waals surface area contributed by atoms with Crippen molar-refractivity contribution in [1.29, 1.82) is 0 Å². The molecule has 0 saturated carbocycles. The fourth-order valence-corrected chi connectivity index (χ4v) is 2.27. The van der Waals surface area contributed by atoms with Gasteiger partial charge in [-0.25, -0.2) is 0 Å². The van der Waals surface area contributed by atoms with E-state index in [1.54, 1.807) is 12.3 Å². The van der Waals surface area contributed by atoms with Crippen LogP contribution in [0.4, 0.5) is 10.7 Å². The van der Waals surface area contributed by atoms with Gasteiger partial charge in [0.1, 0.15) is 0 Å². The minimum absolute atomic E-state index is 0.0612. The lowest BCUT2D eigenvalue weighted by Gasteiger charge is -2.04. The molecular weight excluding hydrogens is 322 g/mol. The van der Waals surface area contributed by atoms with Crippen LogP contribution in [0, 0.1) is 10.1 Å². The first-order chi connectivity index (χ1) is 8.58. The molecule has 92 valence electrons. The van der Waals surface area contributed by atoms with Gasteiger partial charge in [-0.15, -0.1) is 0 Å². The Labute approximate surface area is 114 Å². The van der Waals surface area contributed by atoms with Crippen molar-refractivity contribution in [3.05, 3.63) is 50.1 Å². The molecule has 2 rings (SSSR count). The van der Waals surface area contributed by atoms with E-state index in [0.717, 1.165) is 11.3 Å². The van der Waals surface area contributed by atoms with Crippen LogP contribution in [0.25, 0.3) is 0 Å². The van der Waals surface area contributed by atoms with Crippen LogP contribution in [0.2, 0.25) is 0 Å². The minimum Gasteiger partial charge on any atom is -0.320 e. The van der Waals surface area contributed by atoms with Crippen LogP contribution in [0.15, 0.2) is 35.1 Å². The number of nitro groups is 1. The number of carbonyl (C=O) groups excluding carboxylic acids is 1. The van der Waals surface area contributed by atoms with Gasteiger partial charge in [0.05, 0.1) is 20.0 Å². The number of halogens is 1. The molecular formula is C10H6BrN3O3S. The summed E-state index contributed by atoms with van der Waals surface area (Å²) < 4.78 is 0.643. The Balaban J connectivity index is 2.17. The van der Waals surface area contributed by atoms with Gasteiger partial charge in [-0.1, -0.05) is 11.3 Å². The molecule has 0 bridgehead atoms. The summed E-state index contributed by atoms with van der Waals surface area (Å²) in [4.78, 5) is 26.0. The maximum absolute atomic E-state index is 11.8. The van der Waals surface area contributed by atoms with E-state index in [-0.39, 0.29) is 15.8 Å². The number of hydrogen-bond donors (Lipinski definition) is 1. The summed E-state index contributed by atoms with van der Waals surface area (Å²) in [5, 5.41) is 13.1. The molecule has 0 aromatic carbocycles. The Kier molecular flexibility index (Phi) is 3.68. The van der Waals surface area contributed by atoms with Crippen molar-refractivity contribution >= 4 is 43.9 Å². The highest BCUT2D eigenvalue weighted by atomic mass is 79.9. The zero-order chi connectivity index (χ0) is 13.1. The van der Waals surface area contributed by atoms with E-state index in [0.29, 0.717) is 10.2 Å². The highest BCUT2D eigenvalue weighted by Gasteiger charge is 2.15. The molecule has 0 aliphatic rings. The van der Waals surface area contributed by atoms with Crippen molar-refractivity contribution in [2.24, 2.45) is 0 Å². The van der Waals surface area contributed by atoms with Crippen molar-refractivity contribution in [3.8, 4) is 0 Å². The van der Waals surface area contributed by atoms with Gasteiger partial charge in [-0.3, -0.25) is 19.9 Å². The molecule has 0 radical (unpaired) electrons. The SMILES string of the molecule is O=C(Nc1ccncc1Br)c1ccc([N+](=O)[O-])s1. The van der Waals surface area contributed by atoms with Crippen LogP contribution in [0.3, 0.4) is 0 Å². The highest BCUT2D eigenvalue weighted by molar-refractivity contribution is 9.10. The fraction of sp³-hybridized carbons (Fsp3) is 0. The van der Waals surface area contributed by atoms with Crippen molar-refractivity contribution in [2.45, 2.75) is 0 Å². The Morgan fingerprint density at radius 1 is 1.44 bits per heavy atom. The lowest BCUT2D eigenvalue weighted by atomic mass is 10.3. The first-order valence-corrected chi connectivity index (χ1v) is 6.34. The molecule has 0 aliphatic carbocycles. The van der Waals surface area contributed by atoms with Crippen LogP contribution >= 0.6 is 27.3 Å². The molecule has 0 spiro atoms. The maximum Gasteiger partial charge on any atom is 0.324 e. The smallest absolute Gasteiger partial charge is 0.320 e. The van der Waals surface area contributed by atoms with Gasteiger partial charge in [0.15, 0.2) is 0 Å². The number of aromatic nitrogens is 1. The van der Waals surface area contributed by atoms with Gasteiger partial charge in [0.2, 0.25) is 0 Å². The monoisotopic (exact) mass is 327 g/mol. The van der Waals surface area contributed by atoms with Crippen LogP contribution < -0.4 is 5.32 Å². The fourth-order valence-electron chi connectivity index (χ4n) is 1.21. The second-order valence-electron chi connectivity index (χ2n) is 3.20. The standard InChI is InChI=1S/C10H6BrN3O3S/c11-6-5-12-4-3-7(6)13-10(15)8-1-2-9(18-8)14(16)17/h1-5H,(H,12,13,15). The molecule has 0 fully saturated rings. The zero-order valence-corrected chi connectivity index (χ0v) is 11.2. The summed E-state index contributed by atoms with van der Waals surface area (Å²) >= 11 is 4.08. The number of nitrogens with one attached hydrogen (secondary N) is 1. The predicted molar refractivity (Wildman–Crippen MR) is 70.9 cm³/mol. The first kappa shape index (κ1) is 12.7. The summed E-state index contributed by atoms with van der Waals surface area (Å²) in [5.41, 5.74) is 0.561. The third-order valence-electron chi connectivity index (χ3n) is 2.02. The lowest BCUT2D eigenvalue weighted by molar-refractivity contribution is -0.380. The van der Waals surface area contributed by atoms with E-state index < -0.39 is 4.92 Å². The Morgan fingerprint density at radius 3 is 2.83 bits per heavy atom. The van der Waals surface area contributed by atoms with E-state index in [1.165, 1.54) is 18.3 Å². The highest BCUT2D eigenvalue weighted by Crippen LogP contribution is 2.26. The molecule has 2 aromatic rings. The lowest BCUT2D eigenvalue weighted by Crippen LogP contribution is -2.10.